The van der Waals surface area contributed by atoms with Gasteiger partial charge in [0.05, 0.1) is 23.1 Å². The highest BCUT2D eigenvalue weighted by Crippen LogP contribution is 2.18. The Morgan fingerprint density at radius 3 is 2.85 bits per heavy atom. The molecule has 0 aliphatic carbocycles. The van der Waals surface area contributed by atoms with Gasteiger partial charge in [-0.05, 0) is 18.1 Å². The summed E-state index contributed by atoms with van der Waals surface area (Å²) < 4.78 is 39.8. The van der Waals surface area contributed by atoms with Crippen LogP contribution in [0.5, 0.6) is 0 Å². The zero-order valence-corrected chi connectivity index (χ0v) is 16.1. The topological polar surface area (TPSA) is 93.8 Å². The number of rotatable bonds is 6. The summed E-state index contributed by atoms with van der Waals surface area (Å²) in [7, 11) is -2.14. The third kappa shape index (κ3) is 4.17. The van der Waals surface area contributed by atoms with Gasteiger partial charge in [-0.3, -0.25) is 9.47 Å². The van der Waals surface area contributed by atoms with Gasteiger partial charge in [0.25, 0.3) is 0 Å². The lowest BCUT2D eigenvalue weighted by molar-refractivity contribution is -0.0280. The van der Waals surface area contributed by atoms with E-state index in [0.717, 1.165) is 13.1 Å². The van der Waals surface area contributed by atoms with Gasteiger partial charge in [-0.2, -0.15) is 0 Å². The van der Waals surface area contributed by atoms with Crippen molar-refractivity contribution in [1.82, 2.24) is 14.2 Å². The quantitative estimate of drug-likeness (QED) is 0.792. The molecule has 1 aliphatic rings. The fraction of sp³-hybridized carbons (Fsp3) is 0.588. The minimum Gasteiger partial charge on any atom is -0.408 e. The van der Waals surface area contributed by atoms with Crippen LogP contribution in [0.4, 0.5) is 0 Å². The second kappa shape index (κ2) is 7.51. The molecule has 26 heavy (non-hydrogen) atoms. The smallest absolute Gasteiger partial charge is 0.408 e. The van der Waals surface area contributed by atoms with Crippen molar-refractivity contribution < 1.29 is 17.6 Å². The SMILES string of the molecule is CC(C)CN1CCOC(CNS(=O)(=O)c2ccc3c(c2)oc(=O)n3C)C1. The first kappa shape index (κ1) is 19.1. The average Bonchev–Trinajstić information content (AvgIpc) is 2.87. The van der Waals surface area contributed by atoms with Gasteiger partial charge < -0.3 is 9.15 Å². The van der Waals surface area contributed by atoms with Gasteiger partial charge in [-0.1, -0.05) is 13.8 Å². The van der Waals surface area contributed by atoms with E-state index in [1.807, 2.05) is 0 Å². The molecule has 1 aliphatic heterocycles. The first-order valence-electron chi connectivity index (χ1n) is 8.69. The summed E-state index contributed by atoms with van der Waals surface area (Å²) in [5.74, 6) is 0.0288. The average molecular weight is 383 g/mol. The highest BCUT2D eigenvalue weighted by Gasteiger charge is 2.24. The number of aromatic nitrogens is 1. The number of hydrogen-bond acceptors (Lipinski definition) is 6. The molecular formula is C17H25N3O5S. The minimum absolute atomic E-state index is 0.0641. The Balaban J connectivity index is 1.68. The predicted octanol–water partition coefficient (Wildman–Crippen LogP) is 0.767. The van der Waals surface area contributed by atoms with E-state index in [-0.39, 0.29) is 23.1 Å². The highest BCUT2D eigenvalue weighted by molar-refractivity contribution is 7.89. The van der Waals surface area contributed by atoms with Crippen molar-refractivity contribution in [3.8, 4) is 0 Å². The predicted molar refractivity (Wildman–Crippen MR) is 97.7 cm³/mol. The van der Waals surface area contributed by atoms with Crippen LogP contribution in [0, 0.1) is 5.92 Å². The van der Waals surface area contributed by atoms with E-state index in [0.29, 0.717) is 24.6 Å². The van der Waals surface area contributed by atoms with Gasteiger partial charge in [0.2, 0.25) is 10.0 Å². The number of morpholine rings is 1. The van der Waals surface area contributed by atoms with Crippen LogP contribution in [0.3, 0.4) is 0 Å². The van der Waals surface area contributed by atoms with E-state index in [2.05, 4.69) is 23.5 Å². The van der Waals surface area contributed by atoms with Gasteiger partial charge >= 0.3 is 5.76 Å². The van der Waals surface area contributed by atoms with Gasteiger partial charge in [-0.15, -0.1) is 0 Å². The summed E-state index contributed by atoms with van der Waals surface area (Å²) in [5.41, 5.74) is 0.797. The third-order valence-electron chi connectivity index (χ3n) is 4.42. The molecule has 8 nitrogen and oxygen atoms in total. The Morgan fingerprint density at radius 1 is 1.35 bits per heavy atom. The second-order valence-electron chi connectivity index (χ2n) is 7.05. The molecule has 3 rings (SSSR count). The summed E-state index contributed by atoms with van der Waals surface area (Å²) in [5, 5.41) is 0. The van der Waals surface area contributed by atoms with Crippen LogP contribution in [0.2, 0.25) is 0 Å². The number of hydrogen-bond donors (Lipinski definition) is 1. The van der Waals surface area contributed by atoms with Crippen LogP contribution in [0.15, 0.2) is 32.3 Å². The molecule has 2 aromatic rings. The number of aryl methyl sites for hydroxylation is 1. The lowest BCUT2D eigenvalue weighted by Gasteiger charge is -2.33. The van der Waals surface area contributed by atoms with Gasteiger partial charge in [-0.25, -0.2) is 17.9 Å². The van der Waals surface area contributed by atoms with Gasteiger partial charge in [0.15, 0.2) is 5.58 Å². The minimum atomic E-state index is -3.72. The largest absolute Gasteiger partial charge is 0.419 e. The molecule has 1 unspecified atom stereocenters. The molecule has 1 aromatic heterocycles. The van der Waals surface area contributed by atoms with E-state index in [1.54, 1.807) is 13.1 Å². The molecule has 1 saturated heterocycles. The Kier molecular flexibility index (Phi) is 5.52. The molecule has 1 aromatic carbocycles. The molecule has 2 heterocycles. The number of nitrogens with one attached hydrogen (secondary N) is 1. The van der Waals surface area contributed by atoms with E-state index in [4.69, 9.17) is 9.15 Å². The summed E-state index contributed by atoms with van der Waals surface area (Å²) in [6, 6.07) is 4.40. The molecule has 144 valence electrons. The zero-order chi connectivity index (χ0) is 18.9. The second-order valence-corrected chi connectivity index (χ2v) is 8.82. The molecule has 0 amide bonds. The summed E-state index contributed by atoms with van der Waals surface area (Å²) >= 11 is 0. The first-order valence-corrected chi connectivity index (χ1v) is 10.2. The molecule has 0 bridgehead atoms. The Bertz CT molecular complexity index is 932. The van der Waals surface area contributed by atoms with E-state index in [1.165, 1.54) is 16.7 Å². The van der Waals surface area contributed by atoms with E-state index >= 15 is 0 Å². The van der Waals surface area contributed by atoms with E-state index in [9.17, 15) is 13.2 Å². The highest BCUT2D eigenvalue weighted by atomic mass is 32.2. The number of benzene rings is 1. The van der Waals surface area contributed by atoms with Crippen LogP contribution in [0.1, 0.15) is 13.8 Å². The van der Waals surface area contributed by atoms with E-state index < -0.39 is 15.8 Å². The Labute approximate surface area is 152 Å². The molecule has 0 saturated carbocycles. The molecule has 1 N–H and O–H groups in total. The van der Waals surface area contributed by atoms with Crippen molar-refractivity contribution in [2.45, 2.75) is 24.8 Å². The van der Waals surface area contributed by atoms with Crippen molar-refractivity contribution in [3.63, 3.8) is 0 Å². The van der Waals surface area contributed by atoms with Gasteiger partial charge in [0, 0.05) is 39.3 Å². The lowest BCUT2D eigenvalue weighted by atomic mass is 10.2. The van der Waals surface area contributed by atoms with Gasteiger partial charge in [0.1, 0.15) is 0 Å². The maximum absolute atomic E-state index is 12.6. The Morgan fingerprint density at radius 2 is 2.12 bits per heavy atom. The van der Waals surface area contributed by atoms with Crippen molar-refractivity contribution >= 4 is 21.1 Å². The third-order valence-corrected chi connectivity index (χ3v) is 5.84. The fourth-order valence-corrected chi connectivity index (χ4v) is 4.23. The number of oxazole rings is 1. The zero-order valence-electron chi connectivity index (χ0n) is 15.3. The number of sulfonamides is 1. The molecular weight excluding hydrogens is 358 g/mol. The van der Waals surface area contributed by atoms with Crippen LogP contribution < -0.4 is 10.5 Å². The summed E-state index contributed by atoms with van der Waals surface area (Å²) in [6.45, 7) is 7.65. The molecule has 0 spiro atoms. The number of fused-ring (bicyclic) bond motifs is 1. The van der Waals surface area contributed by atoms with Crippen molar-refractivity contribution in [1.29, 1.82) is 0 Å². The fourth-order valence-electron chi connectivity index (χ4n) is 3.15. The van der Waals surface area contributed by atoms with Crippen molar-refractivity contribution in [2.24, 2.45) is 13.0 Å². The van der Waals surface area contributed by atoms with Crippen molar-refractivity contribution in [3.05, 3.63) is 28.7 Å². The molecule has 9 heteroatoms. The maximum Gasteiger partial charge on any atom is 0.419 e. The van der Waals surface area contributed by atoms with Crippen LogP contribution >= 0.6 is 0 Å². The summed E-state index contributed by atoms with van der Waals surface area (Å²) in [4.78, 5) is 13.9. The van der Waals surface area contributed by atoms with Crippen LogP contribution in [-0.2, 0) is 21.8 Å². The van der Waals surface area contributed by atoms with Crippen LogP contribution in [-0.4, -0.2) is 56.8 Å². The first-order chi connectivity index (χ1) is 12.3. The molecule has 0 radical (unpaired) electrons. The summed E-state index contributed by atoms with van der Waals surface area (Å²) in [6.07, 6.45) is -0.185. The molecule has 1 atom stereocenters. The monoisotopic (exact) mass is 383 g/mol. The maximum atomic E-state index is 12.6. The Hall–Kier alpha value is -1.68. The number of ether oxygens (including phenoxy) is 1. The van der Waals surface area contributed by atoms with Crippen LogP contribution in [0.25, 0.3) is 11.1 Å². The lowest BCUT2D eigenvalue weighted by Crippen LogP contribution is -2.48. The normalized spacial score (nSPS) is 19.5. The molecule has 1 fully saturated rings. The number of nitrogens with zero attached hydrogens (tertiary/aromatic N) is 2. The standard InChI is InChI=1S/C17H25N3O5S/c1-12(2)10-20-6-7-24-13(11-20)9-18-26(22,23)14-4-5-15-16(8-14)25-17(21)19(15)3/h4-5,8,12-13,18H,6-7,9-11H2,1-3H3. The van der Waals surface area contributed by atoms with Crippen molar-refractivity contribution in [2.75, 3.05) is 32.8 Å².